The topological polar surface area (TPSA) is 32.7 Å². The molecule has 0 spiro atoms. The third-order valence-electron chi connectivity index (χ3n) is 4.21. The van der Waals surface area contributed by atoms with E-state index in [0.29, 0.717) is 0 Å². The molecule has 0 radical (unpaired) electrons. The molecule has 0 saturated heterocycles. The second-order valence-corrected chi connectivity index (χ2v) is 6.93. The van der Waals surface area contributed by atoms with E-state index < -0.39 is 0 Å². The van der Waals surface area contributed by atoms with Crippen LogP contribution in [0.15, 0.2) is 48.6 Å². The van der Waals surface area contributed by atoms with Crippen molar-refractivity contribution in [3.63, 3.8) is 0 Å². The lowest BCUT2D eigenvalue weighted by molar-refractivity contribution is 0.194. The van der Waals surface area contributed by atoms with Crippen LogP contribution in [0.4, 0.5) is 5.69 Å². The van der Waals surface area contributed by atoms with E-state index in [1.54, 1.807) is 12.1 Å². The van der Waals surface area contributed by atoms with Crippen LogP contribution in [0, 0.1) is 13.8 Å². The van der Waals surface area contributed by atoms with Crippen LogP contribution in [0.1, 0.15) is 23.6 Å². The van der Waals surface area contributed by atoms with Gasteiger partial charge in [0, 0.05) is 19.0 Å². The first-order chi connectivity index (χ1) is 11.4. The number of fused-ring (bicyclic) bond motifs is 1. The molecule has 0 aromatic heterocycles. The summed E-state index contributed by atoms with van der Waals surface area (Å²) in [6, 6.07) is 11.9. The van der Waals surface area contributed by atoms with E-state index in [1.165, 1.54) is 16.7 Å². The lowest BCUT2D eigenvalue weighted by Crippen LogP contribution is -2.41. The molecule has 1 aliphatic rings. The maximum atomic E-state index is 9.80. The van der Waals surface area contributed by atoms with Crippen LogP contribution in [0.3, 0.4) is 0 Å². The number of nitrogens with zero attached hydrogens (tertiary/aromatic N) is 1. The number of hydrogen-bond acceptors (Lipinski definition) is 3. The number of anilines is 1. The van der Waals surface area contributed by atoms with Crippen molar-refractivity contribution < 1.29 is 9.84 Å². The minimum Gasteiger partial charge on any atom is -0.508 e. The van der Waals surface area contributed by atoms with Crippen LogP contribution in [-0.2, 0) is 6.42 Å². The van der Waals surface area contributed by atoms with Crippen molar-refractivity contribution in [2.75, 3.05) is 18.0 Å². The Hall–Kier alpha value is -2.42. The molecule has 24 heavy (non-hydrogen) atoms. The number of hydrogen-bond donors (Lipinski definition) is 1. The maximum Gasteiger partial charge on any atom is 0.143 e. The molecule has 0 aliphatic carbocycles. The Morgan fingerprint density at radius 1 is 1.21 bits per heavy atom. The normalized spacial score (nSPS) is 16.5. The number of phenolic OH excluding ortho intramolecular Hbond substituents is 1. The SMILES string of the molecule is C=C(C)CN1CC(Cc2cc(C)cc(C)c2)Oc2ccc(O)cc21. The van der Waals surface area contributed by atoms with Crippen molar-refractivity contribution in [3.05, 3.63) is 65.2 Å². The van der Waals surface area contributed by atoms with Crippen molar-refractivity contribution in [1.82, 2.24) is 0 Å². The van der Waals surface area contributed by atoms with E-state index in [1.807, 2.05) is 13.0 Å². The quantitative estimate of drug-likeness (QED) is 0.847. The third kappa shape index (κ3) is 3.73. The van der Waals surface area contributed by atoms with Crippen LogP contribution in [0.5, 0.6) is 11.5 Å². The van der Waals surface area contributed by atoms with E-state index in [9.17, 15) is 5.11 Å². The Balaban J connectivity index is 1.86. The van der Waals surface area contributed by atoms with Crippen molar-refractivity contribution in [2.45, 2.75) is 33.3 Å². The van der Waals surface area contributed by atoms with Gasteiger partial charge in [-0.15, -0.1) is 0 Å². The molecular formula is C21H25NO2. The van der Waals surface area contributed by atoms with Crippen LogP contribution >= 0.6 is 0 Å². The standard InChI is InChI=1S/C21H25NO2/c1-14(2)12-22-13-19(10-17-8-15(3)7-16(4)9-17)24-21-6-5-18(23)11-20(21)22/h5-9,11,19,23H,1,10,12-13H2,2-4H3. The van der Waals surface area contributed by atoms with Crippen molar-refractivity contribution in [2.24, 2.45) is 0 Å². The number of ether oxygens (including phenoxy) is 1. The minimum absolute atomic E-state index is 0.0857. The van der Waals surface area contributed by atoms with Crippen molar-refractivity contribution >= 4 is 5.69 Å². The number of phenols is 1. The smallest absolute Gasteiger partial charge is 0.143 e. The zero-order chi connectivity index (χ0) is 17.3. The van der Waals surface area contributed by atoms with Crippen LogP contribution < -0.4 is 9.64 Å². The van der Waals surface area contributed by atoms with Gasteiger partial charge >= 0.3 is 0 Å². The highest BCUT2D eigenvalue weighted by Crippen LogP contribution is 2.37. The lowest BCUT2D eigenvalue weighted by Gasteiger charge is -2.36. The summed E-state index contributed by atoms with van der Waals surface area (Å²) in [5, 5.41) is 9.80. The van der Waals surface area contributed by atoms with Gasteiger partial charge in [0.25, 0.3) is 0 Å². The zero-order valence-electron chi connectivity index (χ0n) is 14.7. The molecule has 0 saturated carbocycles. The van der Waals surface area contributed by atoms with Gasteiger partial charge in [-0.05, 0) is 38.5 Å². The second kappa shape index (κ2) is 6.60. The average molecular weight is 323 g/mol. The first kappa shape index (κ1) is 16.4. The van der Waals surface area contributed by atoms with Gasteiger partial charge in [-0.1, -0.05) is 41.5 Å². The maximum absolute atomic E-state index is 9.80. The zero-order valence-corrected chi connectivity index (χ0v) is 14.7. The fourth-order valence-corrected chi connectivity index (χ4v) is 3.45. The number of benzene rings is 2. The molecular weight excluding hydrogens is 298 g/mol. The second-order valence-electron chi connectivity index (χ2n) is 6.93. The minimum atomic E-state index is 0.0857. The summed E-state index contributed by atoms with van der Waals surface area (Å²) in [6.07, 6.45) is 0.956. The van der Waals surface area contributed by atoms with Gasteiger partial charge in [-0.2, -0.15) is 0 Å². The Labute approximate surface area is 144 Å². The van der Waals surface area contributed by atoms with Crippen molar-refractivity contribution in [1.29, 1.82) is 0 Å². The van der Waals surface area contributed by atoms with Crippen LogP contribution in [0.2, 0.25) is 0 Å². The van der Waals surface area contributed by atoms with Crippen LogP contribution in [0.25, 0.3) is 0 Å². The predicted molar refractivity (Wildman–Crippen MR) is 99.2 cm³/mol. The number of rotatable bonds is 4. The molecule has 126 valence electrons. The number of aromatic hydroxyl groups is 1. The lowest BCUT2D eigenvalue weighted by atomic mass is 10.0. The molecule has 0 amide bonds. The molecule has 1 N–H and O–H groups in total. The first-order valence-corrected chi connectivity index (χ1v) is 8.37. The van der Waals surface area contributed by atoms with Gasteiger partial charge < -0.3 is 14.7 Å². The van der Waals surface area contributed by atoms with Gasteiger partial charge in [-0.25, -0.2) is 0 Å². The monoisotopic (exact) mass is 323 g/mol. The summed E-state index contributed by atoms with van der Waals surface area (Å²) in [6.45, 7) is 11.9. The van der Waals surface area contributed by atoms with Gasteiger partial charge in [0.2, 0.25) is 0 Å². The van der Waals surface area contributed by atoms with Gasteiger partial charge in [0.1, 0.15) is 17.6 Å². The molecule has 1 aliphatic heterocycles. The van der Waals surface area contributed by atoms with E-state index >= 15 is 0 Å². The molecule has 3 rings (SSSR count). The average Bonchev–Trinajstić information content (AvgIpc) is 2.46. The van der Waals surface area contributed by atoms with Gasteiger partial charge in [0.05, 0.1) is 12.2 Å². The largest absolute Gasteiger partial charge is 0.508 e. The summed E-state index contributed by atoms with van der Waals surface area (Å²) >= 11 is 0. The molecule has 0 fully saturated rings. The first-order valence-electron chi connectivity index (χ1n) is 8.37. The summed E-state index contributed by atoms with van der Waals surface area (Å²) < 4.78 is 6.20. The fourth-order valence-electron chi connectivity index (χ4n) is 3.45. The van der Waals surface area contributed by atoms with E-state index in [0.717, 1.165) is 36.5 Å². The van der Waals surface area contributed by atoms with Gasteiger partial charge in [0.15, 0.2) is 0 Å². The Kier molecular flexibility index (Phi) is 4.52. The summed E-state index contributed by atoms with van der Waals surface area (Å²) in [4.78, 5) is 2.24. The molecule has 2 aromatic rings. The summed E-state index contributed by atoms with van der Waals surface area (Å²) in [5.74, 6) is 1.09. The summed E-state index contributed by atoms with van der Waals surface area (Å²) in [5.41, 5.74) is 5.90. The van der Waals surface area contributed by atoms with Crippen LogP contribution in [-0.4, -0.2) is 24.3 Å². The fraction of sp³-hybridized carbons (Fsp3) is 0.333. The summed E-state index contributed by atoms with van der Waals surface area (Å²) in [7, 11) is 0. The molecule has 3 nitrogen and oxygen atoms in total. The molecule has 0 bridgehead atoms. The third-order valence-corrected chi connectivity index (χ3v) is 4.21. The van der Waals surface area contributed by atoms with E-state index in [4.69, 9.17) is 4.74 Å². The molecule has 1 atom stereocenters. The molecule has 3 heteroatoms. The molecule has 1 heterocycles. The Bertz CT molecular complexity index is 746. The van der Waals surface area contributed by atoms with Gasteiger partial charge in [-0.3, -0.25) is 0 Å². The van der Waals surface area contributed by atoms with E-state index in [-0.39, 0.29) is 11.9 Å². The number of aryl methyl sites for hydroxylation is 2. The van der Waals surface area contributed by atoms with E-state index in [2.05, 4.69) is 43.5 Å². The highest BCUT2D eigenvalue weighted by atomic mass is 16.5. The molecule has 2 aromatic carbocycles. The Morgan fingerprint density at radius 3 is 2.58 bits per heavy atom. The van der Waals surface area contributed by atoms with Crippen molar-refractivity contribution in [3.8, 4) is 11.5 Å². The predicted octanol–water partition coefficient (Wildman–Crippen LogP) is 4.40. The highest BCUT2D eigenvalue weighted by Gasteiger charge is 2.26. The Morgan fingerprint density at radius 2 is 1.92 bits per heavy atom. The highest BCUT2D eigenvalue weighted by molar-refractivity contribution is 5.63. The molecule has 1 unspecified atom stereocenters.